The molecule has 28 heavy (non-hydrogen) atoms. The fourth-order valence-electron chi connectivity index (χ4n) is 2.53. The Balaban J connectivity index is 1.79. The van der Waals surface area contributed by atoms with E-state index in [1.54, 1.807) is 62.2 Å². The van der Waals surface area contributed by atoms with Crippen molar-refractivity contribution >= 4 is 40.2 Å². The SMILES string of the molecule is CCOC(=O)C(C)Oc1ccc(N(C)c2nc3ccc(Cl)cc3[n+]([O-])n2)cc1. The Morgan fingerprint density at radius 2 is 2.00 bits per heavy atom. The van der Waals surface area contributed by atoms with Crippen LogP contribution in [0.5, 0.6) is 5.75 Å². The Bertz CT molecular complexity index is 997. The van der Waals surface area contributed by atoms with Crippen LogP contribution in [0.3, 0.4) is 0 Å². The molecule has 146 valence electrons. The van der Waals surface area contributed by atoms with E-state index in [1.807, 2.05) is 0 Å². The normalized spacial score (nSPS) is 11.9. The molecule has 3 aromatic rings. The molecule has 0 spiro atoms. The molecule has 0 bridgehead atoms. The Labute approximate surface area is 166 Å². The number of fused-ring (bicyclic) bond motifs is 1. The average Bonchev–Trinajstić information content (AvgIpc) is 2.68. The van der Waals surface area contributed by atoms with Crippen molar-refractivity contribution in [1.82, 2.24) is 10.1 Å². The summed E-state index contributed by atoms with van der Waals surface area (Å²) in [5.41, 5.74) is 1.52. The number of carbonyl (C=O) groups is 1. The molecule has 0 fully saturated rings. The van der Waals surface area contributed by atoms with Crippen LogP contribution in [0, 0.1) is 5.21 Å². The Morgan fingerprint density at radius 1 is 1.29 bits per heavy atom. The van der Waals surface area contributed by atoms with Crippen LogP contribution in [0.25, 0.3) is 11.0 Å². The van der Waals surface area contributed by atoms with Crippen molar-refractivity contribution in [2.45, 2.75) is 20.0 Å². The van der Waals surface area contributed by atoms with Crippen molar-refractivity contribution in [3.05, 3.63) is 52.7 Å². The van der Waals surface area contributed by atoms with E-state index in [9.17, 15) is 10.0 Å². The molecule has 1 unspecified atom stereocenters. The molecule has 0 amide bonds. The van der Waals surface area contributed by atoms with Crippen molar-refractivity contribution < 1.29 is 19.1 Å². The number of hydrogen-bond donors (Lipinski definition) is 0. The molecule has 0 radical (unpaired) electrons. The van der Waals surface area contributed by atoms with Crippen molar-refractivity contribution in [2.75, 3.05) is 18.6 Å². The topological polar surface area (TPSA) is 91.5 Å². The summed E-state index contributed by atoms with van der Waals surface area (Å²) in [6.45, 7) is 3.67. The largest absolute Gasteiger partial charge is 0.594 e. The lowest BCUT2D eigenvalue weighted by Gasteiger charge is -2.17. The number of aromatic nitrogens is 3. The Kier molecular flexibility index (Phi) is 5.79. The van der Waals surface area contributed by atoms with E-state index in [-0.39, 0.29) is 5.95 Å². The predicted molar refractivity (Wildman–Crippen MR) is 105 cm³/mol. The van der Waals surface area contributed by atoms with Gasteiger partial charge in [-0.25, -0.2) is 9.78 Å². The Morgan fingerprint density at radius 3 is 2.68 bits per heavy atom. The first-order valence-corrected chi connectivity index (χ1v) is 9.01. The first-order valence-electron chi connectivity index (χ1n) is 8.63. The summed E-state index contributed by atoms with van der Waals surface area (Å²) in [5, 5.41) is 16.6. The zero-order valence-corrected chi connectivity index (χ0v) is 16.4. The number of halogens is 1. The van der Waals surface area contributed by atoms with Gasteiger partial charge >= 0.3 is 5.97 Å². The summed E-state index contributed by atoms with van der Waals surface area (Å²) in [7, 11) is 1.74. The summed E-state index contributed by atoms with van der Waals surface area (Å²) in [5.74, 6) is 0.331. The molecule has 0 aliphatic rings. The molecule has 1 aromatic heterocycles. The number of anilines is 2. The molecule has 0 aliphatic carbocycles. The van der Waals surface area contributed by atoms with E-state index in [0.717, 1.165) is 5.69 Å². The third-order valence-corrected chi connectivity index (χ3v) is 4.23. The highest BCUT2D eigenvalue weighted by molar-refractivity contribution is 6.31. The fourth-order valence-corrected chi connectivity index (χ4v) is 2.69. The van der Waals surface area contributed by atoms with Crippen LogP contribution in [0.1, 0.15) is 13.8 Å². The van der Waals surface area contributed by atoms with Gasteiger partial charge in [-0.2, -0.15) is 0 Å². The zero-order chi connectivity index (χ0) is 20.3. The highest BCUT2D eigenvalue weighted by Crippen LogP contribution is 2.24. The van der Waals surface area contributed by atoms with E-state index in [2.05, 4.69) is 10.1 Å². The minimum atomic E-state index is -0.710. The van der Waals surface area contributed by atoms with Crippen molar-refractivity contribution in [1.29, 1.82) is 0 Å². The molecule has 1 heterocycles. The molecular weight excluding hydrogens is 384 g/mol. The third-order valence-electron chi connectivity index (χ3n) is 4.00. The molecule has 8 nitrogen and oxygen atoms in total. The molecule has 0 aliphatic heterocycles. The van der Waals surface area contributed by atoms with Crippen molar-refractivity contribution in [3.63, 3.8) is 0 Å². The standard InChI is InChI=1S/C19H19ClN4O4/c1-4-27-18(25)12(2)28-15-8-6-14(7-9-15)23(3)19-21-16-10-5-13(20)11-17(16)24(26)22-19/h5-12H,4H2,1-3H3. The van der Waals surface area contributed by atoms with Gasteiger partial charge in [0.25, 0.3) is 11.5 Å². The molecule has 9 heteroatoms. The van der Waals surface area contributed by atoms with Crippen LogP contribution >= 0.6 is 11.6 Å². The minimum Gasteiger partial charge on any atom is -0.594 e. The second-order valence-electron chi connectivity index (χ2n) is 5.98. The number of nitrogens with zero attached hydrogens (tertiary/aromatic N) is 4. The van der Waals surface area contributed by atoms with Crippen LogP contribution in [0.15, 0.2) is 42.5 Å². The van der Waals surface area contributed by atoms with Crippen LogP contribution in [0.4, 0.5) is 11.6 Å². The van der Waals surface area contributed by atoms with Crippen LogP contribution in [-0.2, 0) is 9.53 Å². The average molecular weight is 403 g/mol. The van der Waals surface area contributed by atoms with Gasteiger partial charge in [0.2, 0.25) is 0 Å². The molecule has 3 rings (SSSR count). The monoisotopic (exact) mass is 402 g/mol. The quantitative estimate of drug-likeness (QED) is 0.355. The van der Waals surface area contributed by atoms with Crippen molar-refractivity contribution in [2.24, 2.45) is 0 Å². The maximum absolute atomic E-state index is 12.2. The lowest BCUT2D eigenvalue weighted by atomic mass is 10.3. The summed E-state index contributed by atoms with van der Waals surface area (Å²) in [6, 6.07) is 11.8. The lowest BCUT2D eigenvalue weighted by Crippen LogP contribution is -2.34. The highest BCUT2D eigenvalue weighted by Gasteiger charge is 2.18. The maximum Gasteiger partial charge on any atom is 0.347 e. The second-order valence-corrected chi connectivity index (χ2v) is 6.42. The number of carbonyl (C=O) groups excluding carboxylic acids is 1. The highest BCUT2D eigenvalue weighted by atomic mass is 35.5. The lowest BCUT2D eigenvalue weighted by molar-refractivity contribution is -0.641. The van der Waals surface area contributed by atoms with E-state index in [1.165, 1.54) is 6.07 Å². The van der Waals surface area contributed by atoms with E-state index in [0.29, 0.717) is 33.3 Å². The first kappa shape index (κ1) is 19.6. The summed E-state index contributed by atoms with van der Waals surface area (Å²) in [6.07, 6.45) is -0.710. The number of benzene rings is 2. The van der Waals surface area contributed by atoms with Gasteiger partial charge in [-0.3, -0.25) is 0 Å². The minimum absolute atomic E-state index is 0.235. The van der Waals surface area contributed by atoms with E-state index >= 15 is 0 Å². The van der Waals surface area contributed by atoms with Gasteiger partial charge in [-0.05, 0) is 55.1 Å². The van der Waals surface area contributed by atoms with Gasteiger partial charge in [-0.1, -0.05) is 11.6 Å². The number of hydrogen-bond acceptors (Lipinski definition) is 7. The van der Waals surface area contributed by atoms with E-state index < -0.39 is 12.1 Å². The number of ether oxygens (including phenoxy) is 2. The molecule has 0 saturated heterocycles. The third kappa shape index (κ3) is 4.23. The second kappa shape index (κ2) is 8.26. The van der Waals surface area contributed by atoms with Gasteiger partial charge in [-0.15, -0.1) is 0 Å². The number of rotatable bonds is 6. The smallest absolute Gasteiger partial charge is 0.347 e. The molecule has 2 aromatic carbocycles. The van der Waals surface area contributed by atoms with Gasteiger partial charge in [0.1, 0.15) is 11.3 Å². The summed E-state index contributed by atoms with van der Waals surface area (Å²) < 4.78 is 10.5. The van der Waals surface area contributed by atoms with Gasteiger partial charge in [0, 0.05) is 23.8 Å². The van der Waals surface area contributed by atoms with E-state index in [4.69, 9.17) is 21.1 Å². The van der Waals surface area contributed by atoms with Crippen LogP contribution < -0.4 is 14.5 Å². The fraction of sp³-hybridized carbons (Fsp3) is 0.263. The number of esters is 1. The molecule has 1 atom stereocenters. The molecular formula is C19H19ClN4O4. The first-order chi connectivity index (χ1) is 13.4. The van der Waals surface area contributed by atoms with Crippen LogP contribution in [-0.4, -0.2) is 35.8 Å². The summed E-state index contributed by atoms with van der Waals surface area (Å²) >= 11 is 5.92. The Hall–Kier alpha value is -3.13. The zero-order valence-electron chi connectivity index (χ0n) is 15.6. The summed E-state index contributed by atoms with van der Waals surface area (Å²) in [4.78, 5) is 18.2. The van der Waals surface area contributed by atoms with Gasteiger partial charge < -0.3 is 19.6 Å². The van der Waals surface area contributed by atoms with Crippen molar-refractivity contribution in [3.8, 4) is 5.75 Å². The van der Waals surface area contributed by atoms with Gasteiger partial charge in [0.05, 0.1) is 11.7 Å². The van der Waals surface area contributed by atoms with Gasteiger partial charge in [0.15, 0.2) is 6.10 Å². The molecule has 0 N–H and O–H groups in total. The predicted octanol–water partition coefficient (Wildman–Crippen LogP) is 3.01. The maximum atomic E-state index is 12.2. The molecule has 0 saturated carbocycles. The van der Waals surface area contributed by atoms with Crippen LogP contribution in [0.2, 0.25) is 5.02 Å².